The first-order valence-corrected chi connectivity index (χ1v) is 7.73. The third kappa shape index (κ3) is 3.72. The maximum absolute atomic E-state index is 13.6. The summed E-state index contributed by atoms with van der Waals surface area (Å²) in [4.78, 5) is 12.4. The van der Waals surface area contributed by atoms with E-state index < -0.39 is 23.6 Å². The fraction of sp³-hybridized carbons (Fsp3) is 0.235. The molecule has 2 N–H and O–H groups in total. The molecular weight excluding hydrogens is 350 g/mol. The standard InChI is InChI=1S/C17H15F4N5/c1-22-8-14(10-4-5-12(18)11(7-10)17(19,20)21)26-16-15-13(24-9-25-16)3-2-6-23-15/h2-7,9,14,22H,8H2,1H3,(H,24,25,26). The van der Waals surface area contributed by atoms with Gasteiger partial charge < -0.3 is 10.6 Å². The molecule has 0 aliphatic carbocycles. The Balaban J connectivity index is 2.00. The molecule has 5 nitrogen and oxygen atoms in total. The second-order valence-electron chi connectivity index (χ2n) is 5.59. The summed E-state index contributed by atoms with van der Waals surface area (Å²) in [6, 6.07) is 5.83. The number of pyridine rings is 1. The van der Waals surface area contributed by atoms with E-state index in [1.54, 1.807) is 25.4 Å². The first-order valence-electron chi connectivity index (χ1n) is 7.73. The predicted octanol–water partition coefficient (Wildman–Crippen LogP) is 3.56. The quantitative estimate of drug-likeness (QED) is 0.677. The van der Waals surface area contributed by atoms with Gasteiger partial charge in [-0.2, -0.15) is 13.2 Å². The van der Waals surface area contributed by atoms with Crippen LogP contribution in [0.25, 0.3) is 11.0 Å². The van der Waals surface area contributed by atoms with Crippen molar-refractivity contribution in [3.05, 3.63) is 59.8 Å². The molecule has 3 aromatic rings. The smallest absolute Gasteiger partial charge is 0.360 e. The lowest BCUT2D eigenvalue weighted by molar-refractivity contribution is -0.140. The number of anilines is 1. The fourth-order valence-corrected chi connectivity index (χ4v) is 2.60. The van der Waals surface area contributed by atoms with Crippen LogP contribution in [0.5, 0.6) is 0 Å². The summed E-state index contributed by atoms with van der Waals surface area (Å²) in [6.45, 7) is 0.293. The van der Waals surface area contributed by atoms with Crippen molar-refractivity contribution in [1.29, 1.82) is 0 Å². The van der Waals surface area contributed by atoms with Gasteiger partial charge in [0.15, 0.2) is 5.82 Å². The van der Waals surface area contributed by atoms with Gasteiger partial charge in [-0.3, -0.25) is 4.98 Å². The molecule has 0 amide bonds. The number of hydrogen-bond donors (Lipinski definition) is 2. The Morgan fingerprint density at radius 2 is 1.92 bits per heavy atom. The van der Waals surface area contributed by atoms with Gasteiger partial charge in [-0.05, 0) is 36.9 Å². The van der Waals surface area contributed by atoms with E-state index in [-0.39, 0.29) is 5.56 Å². The lowest BCUT2D eigenvalue weighted by atomic mass is 10.0. The Morgan fingerprint density at radius 1 is 1.12 bits per heavy atom. The molecule has 2 heterocycles. The molecular formula is C17H15F4N5. The van der Waals surface area contributed by atoms with Crippen LogP contribution in [0, 0.1) is 5.82 Å². The highest BCUT2D eigenvalue weighted by molar-refractivity contribution is 5.84. The van der Waals surface area contributed by atoms with Gasteiger partial charge in [0.2, 0.25) is 0 Å². The number of alkyl halides is 3. The van der Waals surface area contributed by atoms with Gasteiger partial charge >= 0.3 is 6.18 Å². The molecule has 0 aliphatic rings. The van der Waals surface area contributed by atoms with Crippen LogP contribution < -0.4 is 10.6 Å². The fourth-order valence-electron chi connectivity index (χ4n) is 2.60. The van der Waals surface area contributed by atoms with Crippen LogP contribution in [0.2, 0.25) is 0 Å². The first-order chi connectivity index (χ1) is 12.4. The lowest BCUT2D eigenvalue weighted by Crippen LogP contribution is -2.25. The minimum Gasteiger partial charge on any atom is -0.360 e. The van der Waals surface area contributed by atoms with Gasteiger partial charge in [-0.15, -0.1) is 0 Å². The van der Waals surface area contributed by atoms with E-state index in [4.69, 9.17) is 0 Å². The number of rotatable bonds is 5. The molecule has 1 unspecified atom stereocenters. The van der Waals surface area contributed by atoms with Crippen molar-refractivity contribution in [2.45, 2.75) is 12.2 Å². The Bertz CT molecular complexity index is 908. The summed E-state index contributed by atoms with van der Waals surface area (Å²) >= 11 is 0. The number of aromatic nitrogens is 3. The van der Waals surface area contributed by atoms with Crippen LogP contribution in [-0.2, 0) is 6.18 Å². The predicted molar refractivity (Wildman–Crippen MR) is 89.0 cm³/mol. The van der Waals surface area contributed by atoms with Crippen molar-refractivity contribution in [2.24, 2.45) is 0 Å². The Hall–Kier alpha value is -2.81. The van der Waals surface area contributed by atoms with E-state index in [2.05, 4.69) is 25.6 Å². The minimum atomic E-state index is -4.77. The van der Waals surface area contributed by atoms with Crippen molar-refractivity contribution in [1.82, 2.24) is 20.3 Å². The van der Waals surface area contributed by atoms with Crippen LogP contribution in [0.3, 0.4) is 0 Å². The SMILES string of the molecule is CNCC(Nc1ncnc2cccnc12)c1ccc(F)c(C(F)(F)F)c1. The van der Waals surface area contributed by atoms with E-state index in [0.29, 0.717) is 23.4 Å². The van der Waals surface area contributed by atoms with Crippen molar-refractivity contribution >= 4 is 16.9 Å². The molecule has 0 spiro atoms. The average Bonchev–Trinajstić information content (AvgIpc) is 2.61. The molecule has 0 radical (unpaired) electrons. The van der Waals surface area contributed by atoms with Crippen molar-refractivity contribution in [3.63, 3.8) is 0 Å². The Labute approximate surface area is 146 Å². The number of nitrogens with one attached hydrogen (secondary N) is 2. The zero-order valence-electron chi connectivity index (χ0n) is 13.7. The van der Waals surface area contributed by atoms with Crippen LogP contribution in [0.4, 0.5) is 23.4 Å². The number of benzene rings is 1. The lowest BCUT2D eigenvalue weighted by Gasteiger charge is -2.21. The second-order valence-corrected chi connectivity index (χ2v) is 5.59. The molecule has 3 rings (SSSR count). The topological polar surface area (TPSA) is 62.7 Å². The van der Waals surface area contributed by atoms with Gasteiger partial charge in [0.1, 0.15) is 17.7 Å². The number of fused-ring (bicyclic) bond motifs is 1. The third-order valence-corrected chi connectivity index (χ3v) is 3.81. The van der Waals surface area contributed by atoms with Crippen molar-refractivity contribution < 1.29 is 17.6 Å². The molecule has 0 saturated heterocycles. The van der Waals surface area contributed by atoms with Crippen molar-refractivity contribution in [2.75, 3.05) is 18.9 Å². The zero-order valence-corrected chi connectivity index (χ0v) is 13.7. The highest BCUT2D eigenvalue weighted by Crippen LogP contribution is 2.33. The Morgan fingerprint density at radius 3 is 2.65 bits per heavy atom. The molecule has 1 atom stereocenters. The van der Waals surface area contributed by atoms with E-state index >= 15 is 0 Å². The minimum absolute atomic E-state index is 0.274. The Kier molecular flexibility index (Phi) is 4.99. The maximum Gasteiger partial charge on any atom is 0.419 e. The number of likely N-dealkylation sites (N-methyl/N-ethyl adjacent to an activating group) is 1. The summed E-state index contributed by atoms with van der Waals surface area (Å²) in [6.07, 6.45) is -1.86. The van der Waals surface area contributed by atoms with Gasteiger partial charge in [-0.25, -0.2) is 14.4 Å². The van der Waals surface area contributed by atoms with Crippen LogP contribution in [-0.4, -0.2) is 28.5 Å². The van der Waals surface area contributed by atoms with E-state index in [1.165, 1.54) is 12.4 Å². The highest BCUT2D eigenvalue weighted by Gasteiger charge is 2.34. The first kappa shape index (κ1) is 18.0. The summed E-state index contributed by atoms with van der Waals surface area (Å²) in [7, 11) is 1.67. The molecule has 0 fully saturated rings. The number of nitrogens with zero attached hydrogens (tertiary/aromatic N) is 3. The molecule has 1 aromatic carbocycles. The average molecular weight is 365 g/mol. The van der Waals surface area contributed by atoms with Crippen molar-refractivity contribution in [3.8, 4) is 0 Å². The molecule has 136 valence electrons. The summed E-state index contributed by atoms with van der Waals surface area (Å²) < 4.78 is 52.6. The molecule has 2 aromatic heterocycles. The van der Waals surface area contributed by atoms with Crippen LogP contribution >= 0.6 is 0 Å². The molecule has 0 saturated carbocycles. The highest BCUT2D eigenvalue weighted by atomic mass is 19.4. The molecule has 26 heavy (non-hydrogen) atoms. The summed E-state index contributed by atoms with van der Waals surface area (Å²) in [5.41, 5.74) is 0.0666. The molecule has 9 heteroatoms. The maximum atomic E-state index is 13.6. The van der Waals surface area contributed by atoms with Gasteiger partial charge in [0, 0.05) is 12.7 Å². The van der Waals surface area contributed by atoms with Gasteiger partial charge in [0.05, 0.1) is 17.1 Å². The third-order valence-electron chi connectivity index (χ3n) is 3.81. The van der Waals surface area contributed by atoms with E-state index in [0.717, 1.165) is 12.1 Å². The van der Waals surface area contributed by atoms with Gasteiger partial charge in [0.25, 0.3) is 0 Å². The summed E-state index contributed by atoms with van der Waals surface area (Å²) in [5.74, 6) is -0.924. The van der Waals surface area contributed by atoms with Crippen LogP contribution in [0.15, 0.2) is 42.9 Å². The van der Waals surface area contributed by atoms with Gasteiger partial charge in [-0.1, -0.05) is 6.07 Å². The monoisotopic (exact) mass is 365 g/mol. The van der Waals surface area contributed by atoms with E-state index in [9.17, 15) is 17.6 Å². The molecule has 0 aliphatic heterocycles. The second kappa shape index (κ2) is 7.20. The van der Waals surface area contributed by atoms with Crippen LogP contribution in [0.1, 0.15) is 17.2 Å². The van der Waals surface area contributed by atoms with E-state index in [1.807, 2.05) is 0 Å². The normalized spacial score (nSPS) is 13.0. The summed E-state index contributed by atoms with van der Waals surface area (Å²) in [5, 5.41) is 5.98. The zero-order chi connectivity index (χ0) is 18.7. The molecule has 0 bridgehead atoms. The number of hydrogen-bond acceptors (Lipinski definition) is 5. The number of halogens is 4. The largest absolute Gasteiger partial charge is 0.419 e.